The molecular formula is C22H28ClN5O. The van der Waals surface area contributed by atoms with Crippen LogP contribution in [0.1, 0.15) is 46.0 Å². The van der Waals surface area contributed by atoms with E-state index in [0.29, 0.717) is 28.6 Å². The van der Waals surface area contributed by atoms with Gasteiger partial charge in [0.1, 0.15) is 5.84 Å². The molecule has 0 saturated heterocycles. The summed E-state index contributed by atoms with van der Waals surface area (Å²) in [6.07, 6.45) is 6.84. The summed E-state index contributed by atoms with van der Waals surface area (Å²) >= 11 is 5.99. The summed E-state index contributed by atoms with van der Waals surface area (Å²) in [6.45, 7) is 4.01. The van der Waals surface area contributed by atoms with Crippen LogP contribution in [0.25, 0.3) is 0 Å². The number of benzene rings is 1. The summed E-state index contributed by atoms with van der Waals surface area (Å²) in [6, 6.07) is 7.70. The molecule has 29 heavy (non-hydrogen) atoms. The van der Waals surface area contributed by atoms with Gasteiger partial charge in [0.05, 0.1) is 5.54 Å². The Bertz CT molecular complexity index is 856. The lowest BCUT2D eigenvalue weighted by Gasteiger charge is -2.59. The van der Waals surface area contributed by atoms with Gasteiger partial charge < -0.3 is 16.4 Å². The Labute approximate surface area is 176 Å². The van der Waals surface area contributed by atoms with E-state index in [1.165, 1.54) is 0 Å². The van der Waals surface area contributed by atoms with Gasteiger partial charge in [0.2, 0.25) is 12.1 Å². The molecule has 4 fully saturated rings. The minimum absolute atomic E-state index is 0.133. The maximum absolute atomic E-state index is 12.2. The molecule has 6 nitrogen and oxygen atoms in total. The number of amides is 1. The van der Waals surface area contributed by atoms with Gasteiger partial charge in [-0.15, -0.1) is 0 Å². The van der Waals surface area contributed by atoms with Gasteiger partial charge in [0, 0.05) is 22.2 Å². The fourth-order valence-electron chi connectivity index (χ4n) is 6.08. The van der Waals surface area contributed by atoms with Crippen molar-refractivity contribution in [3.63, 3.8) is 0 Å². The quantitative estimate of drug-likeness (QED) is 0.389. The van der Waals surface area contributed by atoms with Crippen LogP contribution < -0.4 is 16.4 Å². The van der Waals surface area contributed by atoms with E-state index in [9.17, 15) is 10.1 Å². The number of amidine groups is 1. The first kappa shape index (κ1) is 20.0. The van der Waals surface area contributed by atoms with Crippen molar-refractivity contribution >= 4 is 29.0 Å². The van der Waals surface area contributed by atoms with E-state index in [1.807, 2.05) is 44.3 Å². The first-order chi connectivity index (χ1) is 13.7. The summed E-state index contributed by atoms with van der Waals surface area (Å²) in [5.74, 6) is 1.87. The molecule has 1 amide bonds. The second kappa shape index (κ2) is 7.21. The minimum atomic E-state index is -0.570. The Morgan fingerprint density at radius 2 is 1.86 bits per heavy atom. The number of anilines is 1. The van der Waals surface area contributed by atoms with Gasteiger partial charge in [-0.1, -0.05) is 11.6 Å². The molecular weight excluding hydrogens is 386 g/mol. The Morgan fingerprint density at radius 3 is 2.41 bits per heavy atom. The van der Waals surface area contributed by atoms with E-state index in [0.717, 1.165) is 37.8 Å². The van der Waals surface area contributed by atoms with E-state index in [4.69, 9.17) is 17.3 Å². The minimum Gasteiger partial charge on any atom is -0.373 e. The van der Waals surface area contributed by atoms with Crippen LogP contribution in [0.4, 0.5) is 5.69 Å². The van der Waals surface area contributed by atoms with Gasteiger partial charge >= 0.3 is 0 Å². The molecule has 4 aliphatic rings. The Balaban J connectivity index is 1.53. The topological polar surface area (TPSA) is 103 Å². The molecule has 0 heterocycles. The van der Waals surface area contributed by atoms with Crippen molar-refractivity contribution in [3.05, 3.63) is 29.3 Å². The zero-order chi connectivity index (χ0) is 20.8. The van der Waals surface area contributed by atoms with Gasteiger partial charge in [0.15, 0.2) is 0 Å². The lowest BCUT2D eigenvalue weighted by atomic mass is 9.47. The average Bonchev–Trinajstić information content (AvgIpc) is 2.65. The maximum atomic E-state index is 12.2. The van der Waals surface area contributed by atoms with Crippen molar-refractivity contribution in [2.45, 2.75) is 57.5 Å². The van der Waals surface area contributed by atoms with Gasteiger partial charge in [-0.2, -0.15) is 10.3 Å². The van der Waals surface area contributed by atoms with Crippen LogP contribution in [0.15, 0.2) is 29.3 Å². The molecule has 0 spiro atoms. The molecule has 4 saturated carbocycles. The van der Waals surface area contributed by atoms with Gasteiger partial charge in [-0.05, 0) is 88.0 Å². The summed E-state index contributed by atoms with van der Waals surface area (Å²) in [5, 5.41) is 17.1. The first-order valence-electron chi connectivity index (χ1n) is 10.3. The Kier molecular flexibility index (Phi) is 4.98. The predicted molar refractivity (Wildman–Crippen MR) is 114 cm³/mol. The van der Waals surface area contributed by atoms with Crippen molar-refractivity contribution in [2.75, 3.05) is 5.32 Å². The van der Waals surface area contributed by atoms with Crippen LogP contribution in [-0.4, -0.2) is 23.3 Å². The Hall–Kier alpha value is -2.26. The standard InChI is InChI=1S/C22H28ClN5O/c1-21(2,28-17-5-3-16(23)4-6-17)20(26-12-24)27-18-14-7-13-8-15(18)11-22(9-13,10-14)19(25)29/h3-6,13-15,18,28H,7-11H2,1-2H3,(H2,25,29)(H,26,27). The lowest BCUT2D eigenvalue weighted by Crippen LogP contribution is -2.64. The van der Waals surface area contributed by atoms with Crippen molar-refractivity contribution in [2.24, 2.45) is 33.9 Å². The third kappa shape index (κ3) is 3.69. The van der Waals surface area contributed by atoms with Crippen LogP contribution >= 0.6 is 11.6 Å². The Morgan fingerprint density at radius 1 is 1.24 bits per heavy atom. The van der Waals surface area contributed by atoms with Crippen molar-refractivity contribution in [3.8, 4) is 6.19 Å². The highest BCUT2D eigenvalue weighted by molar-refractivity contribution is 6.30. The second-order valence-corrected chi connectivity index (χ2v) is 10.0. The third-order valence-electron chi connectivity index (χ3n) is 7.15. The number of hydrogen-bond acceptors (Lipinski definition) is 4. The summed E-state index contributed by atoms with van der Waals surface area (Å²) < 4.78 is 0. The fourth-order valence-corrected chi connectivity index (χ4v) is 6.20. The van der Waals surface area contributed by atoms with Crippen LogP contribution in [0.3, 0.4) is 0 Å². The average molecular weight is 414 g/mol. The molecule has 4 N–H and O–H groups in total. The highest BCUT2D eigenvalue weighted by Gasteiger charge is 2.58. The smallest absolute Gasteiger partial charge is 0.223 e. The van der Waals surface area contributed by atoms with Gasteiger partial charge in [-0.3, -0.25) is 4.79 Å². The molecule has 4 aliphatic carbocycles. The fraction of sp³-hybridized carbons (Fsp3) is 0.591. The van der Waals surface area contributed by atoms with Crippen LogP contribution in [-0.2, 0) is 4.79 Å². The molecule has 2 atom stereocenters. The molecule has 2 unspecified atom stereocenters. The molecule has 0 radical (unpaired) electrons. The second-order valence-electron chi connectivity index (χ2n) is 9.60. The third-order valence-corrected chi connectivity index (χ3v) is 7.41. The number of nitrogens with two attached hydrogens (primary N) is 1. The zero-order valence-electron chi connectivity index (χ0n) is 16.9. The molecule has 4 bridgehead atoms. The number of halogens is 1. The van der Waals surface area contributed by atoms with E-state index in [-0.39, 0.29) is 17.4 Å². The number of aliphatic imine (C=N–C) groups is 1. The maximum Gasteiger partial charge on any atom is 0.223 e. The van der Waals surface area contributed by atoms with Crippen molar-refractivity contribution < 1.29 is 4.79 Å². The molecule has 0 aromatic heterocycles. The summed E-state index contributed by atoms with van der Waals surface area (Å²) in [5.41, 5.74) is 5.82. The molecule has 7 heteroatoms. The highest BCUT2D eigenvalue weighted by Crippen LogP contribution is 2.60. The normalized spacial score (nSPS) is 33.2. The van der Waals surface area contributed by atoms with Crippen LogP contribution in [0, 0.1) is 34.6 Å². The van der Waals surface area contributed by atoms with Gasteiger partial charge in [0.25, 0.3) is 0 Å². The van der Waals surface area contributed by atoms with E-state index in [1.54, 1.807) is 0 Å². The van der Waals surface area contributed by atoms with Gasteiger partial charge in [-0.25, -0.2) is 0 Å². The monoisotopic (exact) mass is 413 g/mol. The number of nitrogens with one attached hydrogen (secondary N) is 2. The molecule has 1 aromatic carbocycles. The molecule has 0 aliphatic heterocycles. The summed E-state index contributed by atoms with van der Waals surface area (Å²) in [4.78, 5) is 16.3. The SMILES string of the molecule is CC(C)(Nc1ccc(Cl)cc1)/C(=N/C#N)NC1C2CC3CC1CC(C(N)=O)(C3)C2. The predicted octanol–water partition coefficient (Wildman–Crippen LogP) is 3.68. The number of primary amides is 1. The van der Waals surface area contributed by atoms with Crippen molar-refractivity contribution in [1.82, 2.24) is 5.32 Å². The van der Waals surface area contributed by atoms with E-state index < -0.39 is 5.54 Å². The zero-order valence-corrected chi connectivity index (χ0v) is 17.7. The molecule has 1 aromatic rings. The van der Waals surface area contributed by atoms with Crippen LogP contribution in [0.5, 0.6) is 0 Å². The van der Waals surface area contributed by atoms with Crippen LogP contribution in [0.2, 0.25) is 5.02 Å². The number of carbonyl (C=O) groups is 1. The molecule has 5 rings (SSSR count). The lowest BCUT2D eigenvalue weighted by molar-refractivity contribution is -0.145. The number of carbonyl (C=O) groups excluding carboxylic acids is 1. The number of rotatable bonds is 5. The number of hydrogen-bond donors (Lipinski definition) is 3. The van der Waals surface area contributed by atoms with E-state index >= 15 is 0 Å². The summed E-state index contributed by atoms with van der Waals surface area (Å²) in [7, 11) is 0. The molecule has 154 valence electrons. The highest BCUT2D eigenvalue weighted by atomic mass is 35.5. The largest absolute Gasteiger partial charge is 0.373 e. The number of nitrogens with zero attached hydrogens (tertiary/aromatic N) is 2. The first-order valence-corrected chi connectivity index (χ1v) is 10.7. The van der Waals surface area contributed by atoms with Crippen molar-refractivity contribution in [1.29, 1.82) is 5.26 Å². The van der Waals surface area contributed by atoms with E-state index in [2.05, 4.69) is 15.6 Å². The number of nitriles is 1.